The average Bonchev–Trinajstić information content (AvgIpc) is 2.70. The van der Waals surface area contributed by atoms with E-state index in [4.69, 9.17) is 0 Å². The number of aryl methyl sites for hydroxylation is 1. The Hall–Kier alpha value is -1.49. The van der Waals surface area contributed by atoms with Gasteiger partial charge in [-0.15, -0.1) is 5.10 Å². The van der Waals surface area contributed by atoms with Gasteiger partial charge in [0.25, 0.3) is 0 Å². The molecule has 1 aliphatic heterocycles. The van der Waals surface area contributed by atoms with Crippen molar-refractivity contribution in [1.82, 2.24) is 24.9 Å². The second-order valence-electron chi connectivity index (χ2n) is 4.28. The number of nitrogens with zero attached hydrogens (tertiary/aromatic N) is 4. The van der Waals surface area contributed by atoms with Crippen LogP contribution >= 0.6 is 0 Å². The number of fused-ring (bicyclic) bond motifs is 1. The second kappa shape index (κ2) is 3.83. The van der Waals surface area contributed by atoms with Crippen LogP contribution in [0.4, 0.5) is 0 Å². The van der Waals surface area contributed by atoms with Gasteiger partial charge in [0.05, 0.1) is 0 Å². The lowest BCUT2D eigenvalue weighted by Gasteiger charge is -2.22. The molecule has 16 heavy (non-hydrogen) atoms. The van der Waals surface area contributed by atoms with Crippen LogP contribution in [0, 0.1) is 6.92 Å². The lowest BCUT2D eigenvalue weighted by Crippen LogP contribution is -2.30. The smallest absolute Gasteiger partial charge is 0.159 e. The number of piperidine rings is 1. The van der Waals surface area contributed by atoms with Gasteiger partial charge >= 0.3 is 0 Å². The maximum atomic E-state index is 4.46. The molecule has 0 bridgehead atoms. The number of nitrogens with one attached hydrogen (secondary N) is 1. The van der Waals surface area contributed by atoms with Crippen molar-refractivity contribution < 1.29 is 0 Å². The fourth-order valence-corrected chi connectivity index (χ4v) is 2.29. The van der Waals surface area contributed by atoms with Gasteiger partial charge in [-0.3, -0.25) is 0 Å². The van der Waals surface area contributed by atoms with Gasteiger partial charge in [-0.1, -0.05) is 0 Å². The molecule has 84 valence electrons. The molecule has 0 radical (unpaired) electrons. The highest BCUT2D eigenvalue weighted by Crippen LogP contribution is 2.21. The summed E-state index contributed by atoms with van der Waals surface area (Å²) >= 11 is 0. The van der Waals surface area contributed by atoms with E-state index in [-0.39, 0.29) is 0 Å². The zero-order valence-corrected chi connectivity index (χ0v) is 9.35. The van der Waals surface area contributed by atoms with E-state index in [0.29, 0.717) is 5.92 Å². The molecule has 1 N–H and O–H groups in total. The minimum atomic E-state index is 0.457. The molecule has 1 aliphatic rings. The van der Waals surface area contributed by atoms with Gasteiger partial charge in [0.2, 0.25) is 0 Å². The molecule has 0 aromatic carbocycles. The summed E-state index contributed by atoms with van der Waals surface area (Å²) in [5, 5.41) is 7.81. The Balaban J connectivity index is 2.07. The Morgan fingerprint density at radius 2 is 2.44 bits per heavy atom. The Bertz CT molecular complexity index is 498. The van der Waals surface area contributed by atoms with Gasteiger partial charge in [-0.25, -0.2) is 9.97 Å². The highest BCUT2D eigenvalue weighted by Gasteiger charge is 2.19. The van der Waals surface area contributed by atoms with Crippen molar-refractivity contribution in [2.45, 2.75) is 25.7 Å². The largest absolute Gasteiger partial charge is 0.316 e. The van der Waals surface area contributed by atoms with E-state index in [1.807, 2.05) is 23.7 Å². The molecule has 1 saturated heterocycles. The molecule has 1 atom stereocenters. The van der Waals surface area contributed by atoms with Crippen molar-refractivity contribution in [2.24, 2.45) is 0 Å². The summed E-state index contributed by atoms with van der Waals surface area (Å²) in [4.78, 5) is 8.82. The summed E-state index contributed by atoms with van der Waals surface area (Å²) in [5.41, 5.74) is 0.896. The molecule has 0 saturated carbocycles. The van der Waals surface area contributed by atoms with Crippen LogP contribution in [0.15, 0.2) is 12.3 Å². The lowest BCUT2D eigenvalue weighted by atomic mass is 9.99. The van der Waals surface area contributed by atoms with Crippen LogP contribution in [0.25, 0.3) is 5.65 Å². The van der Waals surface area contributed by atoms with E-state index >= 15 is 0 Å². The molecule has 0 aliphatic carbocycles. The van der Waals surface area contributed by atoms with Crippen molar-refractivity contribution in [1.29, 1.82) is 0 Å². The molecule has 2 aromatic heterocycles. The molecule has 5 nitrogen and oxygen atoms in total. The topological polar surface area (TPSA) is 55.1 Å². The van der Waals surface area contributed by atoms with Crippen LogP contribution in [0.5, 0.6) is 0 Å². The second-order valence-corrected chi connectivity index (χ2v) is 4.28. The van der Waals surface area contributed by atoms with Crippen molar-refractivity contribution in [3.8, 4) is 0 Å². The Morgan fingerprint density at radius 1 is 1.50 bits per heavy atom. The van der Waals surface area contributed by atoms with E-state index in [9.17, 15) is 0 Å². The molecule has 1 fully saturated rings. The maximum Gasteiger partial charge on any atom is 0.159 e. The third-order valence-corrected chi connectivity index (χ3v) is 3.05. The van der Waals surface area contributed by atoms with Gasteiger partial charge in [0.1, 0.15) is 11.6 Å². The first kappa shape index (κ1) is 9.72. The van der Waals surface area contributed by atoms with Crippen molar-refractivity contribution >= 4 is 5.65 Å². The normalized spacial score (nSPS) is 21.4. The van der Waals surface area contributed by atoms with Crippen LogP contribution in [-0.4, -0.2) is 32.7 Å². The first-order valence-corrected chi connectivity index (χ1v) is 5.73. The quantitative estimate of drug-likeness (QED) is 0.771. The van der Waals surface area contributed by atoms with Gasteiger partial charge in [0.15, 0.2) is 5.65 Å². The van der Waals surface area contributed by atoms with Crippen molar-refractivity contribution in [3.63, 3.8) is 0 Å². The fraction of sp³-hybridized carbons (Fsp3) is 0.545. The van der Waals surface area contributed by atoms with Gasteiger partial charge in [-0.05, 0) is 26.3 Å². The molecular weight excluding hydrogens is 202 g/mol. The first-order valence-electron chi connectivity index (χ1n) is 5.73. The van der Waals surface area contributed by atoms with Crippen molar-refractivity contribution in [3.05, 3.63) is 23.9 Å². The molecule has 0 spiro atoms. The molecule has 3 rings (SSSR count). The first-order chi connectivity index (χ1) is 7.84. The summed E-state index contributed by atoms with van der Waals surface area (Å²) in [5.74, 6) is 2.29. The predicted molar refractivity (Wildman–Crippen MR) is 60.4 cm³/mol. The van der Waals surface area contributed by atoms with Crippen LogP contribution < -0.4 is 5.32 Å². The van der Waals surface area contributed by atoms with Gasteiger partial charge in [0, 0.05) is 24.7 Å². The SMILES string of the molecule is Cc1nc2ccnc(C3CCCNC3)n2n1. The minimum absolute atomic E-state index is 0.457. The van der Waals surface area contributed by atoms with Crippen LogP contribution in [-0.2, 0) is 0 Å². The highest BCUT2D eigenvalue weighted by atomic mass is 15.3. The Morgan fingerprint density at radius 3 is 3.25 bits per heavy atom. The summed E-state index contributed by atoms with van der Waals surface area (Å²) in [6.45, 7) is 4.02. The standard InChI is InChI=1S/C11H15N5/c1-8-14-10-4-6-13-11(16(10)15-8)9-3-2-5-12-7-9/h4,6,9,12H,2-3,5,7H2,1H3. The number of hydrogen-bond acceptors (Lipinski definition) is 4. The number of aromatic nitrogens is 4. The Labute approximate surface area is 93.9 Å². The van der Waals surface area contributed by atoms with Crippen LogP contribution in [0.1, 0.15) is 30.4 Å². The fourth-order valence-electron chi connectivity index (χ4n) is 2.29. The molecule has 5 heteroatoms. The maximum absolute atomic E-state index is 4.46. The monoisotopic (exact) mass is 217 g/mol. The van der Waals surface area contributed by atoms with E-state index < -0.39 is 0 Å². The third-order valence-electron chi connectivity index (χ3n) is 3.05. The lowest BCUT2D eigenvalue weighted by molar-refractivity contribution is 0.439. The van der Waals surface area contributed by atoms with Gasteiger partial charge in [-0.2, -0.15) is 4.52 Å². The van der Waals surface area contributed by atoms with Gasteiger partial charge < -0.3 is 5.32 Å². The summed E-state index contributed by atoms with van der Waals surface area (Å²) < 4.78 is 1.88. The van der Waals surface area contributed by atoms with E-state index in [1.54, 1.807) is 0 Å². The summed E-state index contributed by atoms with van der Waals surface area (Å²) in [6.07, 6.45) is 4.21. The van der Waals surface area contributed by atoms with Crippen LogP contribution in [0.3, 0.4) is 0 Å². The summed E-state index contributed by atoms with van der Waals surface area (Å²) in [6, 6.07) is 1.90. The van der Waals surface area contributed by atoms with E-state index in [2.05, 4.69) is 20.4 Å². The molecule has 0 amide bonds. The zero-order valence-electron chi connectivity index (χ0n) is 9.35. The molecule has 1 unspecified atom stereocenters. The minimum Gasteiger partial charge on any atom is -0.316 e. The highest BCUT2D eigenvalue weighted by molar-refractivity contribution is 5.36. The summed E-state index contributed by atoms with van der Waals surface area (Å²) in [7, 11) is 0. The van der Waals surface area contributed by atoms with E-state index in [1.165, 1.54) is 12.8 Å². The predicted octanol–water partition coefficient (Wildman–Crippen LogP) is 0.900. The average molecular weight is 217 g/mol. The van der Waals surface area contributed by atoms with Crippen molar-refractivity contribution in [2.75, 3.05) is 13.1 Å². The Kier molecular flexibility index (Phi) is 2.32. The molecular formula is C11H15N5. The number of rotatable bonds is 1. The zero-order chi connectivity index (χ0) is 11.0. The third kappa shape index (κ3) is 1.57. The van der Waals surface area contributed by atoms with Crippen LogP contribution in [0.2, 0.25) is 0 Å². The number of hydrogen-bond donors (Lipinski definition) is 1. The van der Waals surface area contributed by atoms with E-state index in [0.717, 1.165) is 30.4 Å². The molecule has 2 aromatic rings. The molecule has 3 heterocycles.